The van der Waals surface area contributed by atoms with Gasteiger partial charge in [-0.1, -0.05) is 54.6 Å². The molecule has 0 fully saturated rings. The van der Waals surface area contributed by atoms with Gasteiger partial charge >= 0.3 is 0 Å². The van der Waals surface area contributed by atoms with Gasteiger partial charge in [0.2, 0.25) is 0 Å². The molecular weight excluding hydrogens is 300 g/mol. The predicted molar refractivity (Wildman–Crippen MR) is 95.1 cm³/mol. The van der Waals surface area contributed by atoms with E-state index >= 15 is 0 Å². The molecule has 3 rings (SSSR count). The van der Waals surface area contributed by atoms with E-state index in [1.54, 1.807) is 60.7 Å². The largest absolute Gasteiger partial charge is 0.398 e. The molecule has 0 aromatic heterocycles. The van der Waals surface area contributed by atoms with Crippen LogP contribution in [0.15, 0.2) is 78.9 Å². The molecule has 3 aromatic rings. The van der Waals surface area contributed by atoms with Gasteiger partial charge in [0.05, 0.1) is 5.56 Å². The fourth-order valence-corrected chi connectivity index (χ4v) is 2.40. The number of benzene rings is 3. The lowest BCUT2D eigenvalue weighted by Crippen LogP contribution is -2.14. The van der Waals surface area contributed by atoms with Gasteiger partial charge in [-0.05, 0) is 24.3 Å². The number of para-hydroxylation sites is 1. The summed E-state index contributed by atoms with van der Waals surface area (Å²) in [6, 6.07) is 22.7. The zero-order valence-corrected chi connectivity index (χ0v) is 12.9. The van der Waals surface area contributed by atoms with E-state index in [-0.39, 0.29) is 11.7 Å². The van der Waals surface area contributed by atoms with E-state index in [1.807, 2.05) is 18.2 Å². The minimum atomic E-state index is -0.308. The lowest BCUT2D eigenvalue weighted by Gasteiger charge is -2.09. The Morgan fingerprint density at radius 2 is 1.42 bits per heavy atom. The first kappa shape index (κ1) is 15.5. The third-order valence-electron chi connectivity index (χ3n) is 3.62. The first-order valence-electron chi connectivity index (χ1n) is 7.51. The zero-order chi connectivity index (χ0) is 16.9. The second kappa shape index (κ2) is 6.79. The van der Waals surface area contributed by atoms with Crippen LogP contribution >= 0.6 is 0 Å². The Morgan fingerprint density at radius 3 is 2.17 bits per heavy atom. The van der Waals surface area contributed by atoms with Gasteiger partial charge in [-0.25, -0.2) is 0 Å². The Kier molecular flexibility index (Phi) is 4.38. The first-order chi connectivity index (χ1) is 11.6. The van der Waals surface area contributed by atoms with Crippen LogP contribution in [0, 0.1) is 0 Å². The summed E-state index contributed by atoms with van der Waals surface area (Å²) in [4.78, 5) is 24.8. The molecule has 0 aliphatic heterocycles. The Bertz CT molecular complexity index is 889. The maximum atomic E-state index is 12.5. The van der Waals surface area contributed by atoms with E-state index in [9.17, 15) is 9.59 Å². The predicted octanol–water partition coefficient (Wildman–Crippen LogP) is 3.75. The topological polar surface area (TPSA) is 72.2 Å². The number of anilines is 2. The molecule has 0 spiro atoms. The van der Waals surface area contributed by atoms with E-state index in [0.717, 1.165) is 0 Å². The van der Waals surface area contributed by atoms with Crippen molar-refractivity contribution < 1.29 is 9.59 Å². The average Bonchev–Trinajstić information content (AvgIpc) is 2.62. The van der Waals surface area contributed by atoms with Crippen LogP contribution in [0.4, 0.5) is 11.4 Å². The van der Waals surface area contributed by atoms with Crippen LogP contribution in [0.25, 0.3) is 0 Å². The van der Waals surface area contributed by atoms with E-state index < -0.39 is 0 Å². The van der Waals surface area contributed by atoms with Gasteiger partial charge in [0.1, 0.15) is 0 Å². The van der Waals surface area contributed by atoms with Crippen molar-refractivity contribution in [1.82, 2.24) is 0 Å². The van der Waals surface area contributed by atoms with Crippen molar-refractivity contribution in [2.45, 2.75) is 0 Å². The monoisotopic (exact) mass is 316 g/mol. The number of hydrogen-bond donors (Lipinski definition) is 2. The van der Waals surface area contributed by atoms with Gasteiger partial charge in [-0.15, -0.1) is 0 Å². The lowest BCUT2D eigenvalue weighted by atomic mass is 10.0. The van der Waals surface area contributed by atoms with Gasteiger partial charge in [-0.2, -0.15) is 0 Å². The number of carbonyl (C=O) groups excluding carboxylic acids is 2. The Labute approximate surface area is 139 Å². The third kappa shape index (κ3) is 3.33. The fraction of sp³-hybridized carbons (Fsp3) is 0. The van der Waals surface area contributed by atoms with Gasteiger partial charge in [0.15, 0.2) is 5.78 Å². The standard InChI is InChI=1S/C20H16N2O2/c21-18-12-5-4-11-17(18)20(24)22-16-10-6-9-15(13-16)19(23)14-7-2-1-3-8-14/h1-13H,21H2,(H,22,24). The molecule has 0 saturated heterocycles. The maximum absolute atomic E-state index is 12.5. The summed E-state index contributed by atoms with van der Waals surface area (Å²) in [5, 5.41) is 2.77. The quantitative estimate of drug-likeness (QED) is 0.569. The first-order valence-corrected chi connectivity index (χ1v) is 7.51. The molecule has 3 N–H and O–H groups in total. The van der Waals surface area contributed by atoms with Crippen LogP contribution in [0.5, 0.6) is 0 Å². The molecule has 0 atom stereocenters. The second-order valence-corrected chi connectivity index (χ2v) is 5.32. The van der Waals surface area contributed by atoms with Crippen LogP contribution in [-0.4, -0.2) is 11.7 Å². The second-order valence-electron chi connectivity index (χ2n) is 5.32. The highest BCUT2D eigenvalue weighted by Gasteiger charge is 2.12. The van der Waals surface area contributed by atoms with Crippen molar-refractivity contribution in [3.8, 4) is 0 Å². The lowest BCUT2D eigenvalue weighted by molar-refractivity contribution is 0.102. The summed E-state index contributed by atoms with van der Waals surface area (Å²) in [5.74, 6) is -0.400. The minimum absolute atomic E-state index is 0.0917. The number of rotatable bonds is 4. The molecule has 0 unspecified atom stereocenters. The van der Waals surface area contributed by atoms with Crippen LogP contribution in [-0.2, 0) is 0 Å². The Morgan fingerprint density at radius 1 is 0.750 bits per heavy atom. The van der Waals surface area contributed by atoms with E-state index in [2.05, 4.69) is 5.32 Å². The molecular formula is C20H16N2O2. The molecule has 24 heavy (non-hydrogen) atoms. The van der Waals surface area contributed by atoms with Gasteiger partial charge in [0, 0.05) is 22.5 Å². The van der Waals surface area contributed by atoms with E-state index in [4.69, 9.17) is 5.73 Å². The molecule has 1 amide bonds. The highest BCUT2D eigenvalue weighted by Crippen LogP contribution is 2.17. The molecule has 0 aliphatic rings. The molecule has 4 heteroatoms. The minimum Gasteiger partial charge on any atom is -0.398 e. The van der Waals surface area contributed by atoms with Crippen molar-refractivity contribution in [2.24, 2.45) is 0 Å². The number of carbonyl (C=O) groups is 2. The molecule has 0 radical (unpaired) electrons. The smallest absolute Gasteiger partial charge is 0.257 e. The zero-order valence-electron chi connectivity index (χ0n) is 12.9. The number of nitrogen functional groups attached to an aromatic ring is 1. The van der Waals surface area contributed by atoms with Crippen LogP contribution in [0.3, 0.4) is 0 Å². The van der Waals surface area contributed by atoms with Crippen LogP contribution in [0.1, 0.15) is 26.3 Å². The number of ketones is 1. The number of hydrogen-bond acceptors (Lipinski definition) is 3. The normalized spacial score (nSPS) is 10.2. The summed E-state index contributed by atoms with van der Waals surface area (Å²) in [6.07, 6.45) is 0. The summed E-state index contributed by atoms with van der Waals surface area (Å²) in [5.41, 5.74) is 8.29. The van der Waals surface area contributed by atoms with E-state index in [1.165, 1.54) is 0 Å². The molecule has 0 heterocycles. The SMILES string of the molecule is Nc1ccccc1C(=O)Nc1cccc(C(=O)c2ccccc2)c1. The van der Waals surface area contributed by atoms with Gasteiger partial charge in [0.25, 0.3) is 5.91 Å². The third-order valence-corrected chi connectivity index (χ3v) is 3.62. The molecule has 118 valence electrons. The number of nitrogens with one attached hydrogen (secondary N) is 1. The fourth-order valence-electron chi connectivity index (χ4n) is 2.40. The average molecular weight is 316 g/mol. The molecule has 0 bridgehead atoms. The van der Waals surface area contributed by atoms with Crippen molar-refractivity contribution in [3.05, 3.63) is 95.6 Å². The summed E-state index contributed by atoms with van der Waals surface area (Å²) >= 11 is 0. The highest BCUT2D eigenvalue weighted by molar-refractivity contribution is 6.11. The van der Waals surface area contributed by atoms with Crippen molar-refractivity contribution in [1.29, 1.82) is 0 Å². The summed E-state index contributed by atoms with van der Waals surface area (Å²) < 4.78 is 0. The van der Waals surface area contributed by atoms with Crippen LogP contribution in [0.2, 0.25) is 0 Å². The van der Waals surface area contributed by atoms with Crippen molar-refractivity contribution in [3.63, 3.8) is 0 Å². The van der Waals surface area contributed by atoms with Crippen LogP contribution < -0.4 is 11.1 Å². The number of nitrogens with two attached hydrogens (primary N) is 1. The van der Waals surface area contributed by atoms with Crippen molar-refractivity contribution >= 4 is 23.1 Å². The molecule has 3 aromatic carbocycles. The maximum Gasteiger partial charge on any atom is 0.257 e. The Balaban J connectivity index is 1.82. The van der Waals surface area contributed by atoms with Crippen molar-refractivity contribution in [2.75, 3.05) is 11.1 Å². The van der Waals surface area contributed by atoms with Gasteiger partial charge < -0.3 is 11.1 Å². The number of amides is 1. The van der Waals surface area contributed by atoms with Gasteiger partial charge in [-0.3, -0.25) is 9.59 Å². The molecule has 0 saturated carbocycles. The summed E-state index contributed by atoms with van der Waals surface area (Å²) in [7, 11) is 0. The highest BCUT2D eigenvalue weighted by atomic mass is 16.1. The molecule has 4 nitrogen and oxygen atoms in total. The Hall–Kier alpha value is -3.40. The molecule has 0 aliphatic carbocycles. The van der Waals surface area contributed by atoms with E-state index in [0.29, 0.717) is 28.1 Å². The summed E-state index contributed by atoms with van der Waals surface area (Å²) in [6.45, 7) is 0.